The van der Waals surface area contributed by atoms with Crippen LogP contribution in [-0.2, 0) is 4.79 Å². The first-order valence-electron chi connectivity index (χ1n) is 8.44. The molecule has 1 aromatic heterocycles. The van der Waals surface area contributed by atoms with Gasteiger partial charge >= 0.3 is 0 Å². The van der Waals surface area contributed by atoms with Crippen molar-refractivity contribution < 1.29 is 9.53 Å². The van der Waals surface area contributed by atoms with Gasteiger partial charge in [-0.25, -0.2) is 0 Å². The molecule has 0 fully saturated rings. The topological polar surface area (TPSA) is 88.0 Å². The highest BCUT2D eigenvalue weighted by Gasteiger charge is 2.18. The number of carbonyl (C=O) groups excluding carboxylic acids is 1. The second-order valence-electron chi connectivity index (χ2n) is 6.00. The van der Waals surface area contributed by atoms with Crippen molar-refractivity contribution in [3.8, 4) is 17.0 Å². The Labute approximate surface area is 157 Å². The van der Waals surface area contributed by atoms with E-state index in [1.807, 2.05) is 42.5 Å². The number of hydrogen-bond acceptors (Lipinski definition) is 6. The van der Waals surface area contributed by atoms with E-state index in [0.717, 1.165) is 22.6 Å². The Kier molecular flexibility index (Phi) is 5.56. The van der Waals surface area contributed by atoms with Gasteiger partial charge in [0.15, 0.2) is 5.78 Å². The van der Waals surface area contributed by atoms with Crippen LogP contribution in [0.2, 0.25) is 0 Å². The average Bonchev–Trinajstić information content (AvgIpc) is 2.72. The fraction of sp³-hybridized carbons (Fsp3) is 0.143. The maximum Gasteiger partial charge on any atom is 0.156 e. The van der Waals surface area contributed by atoms with Crippen LogP contribution in [0.5, 0.6) is 5.75 Å². The molecule has 1 atom stereocenters. The third kappa shape index (κ3) is 4.17. The lowest BCUT2D eigenvalue weighted by Crippen LogP contribution is -2.19. The number of methoxy groups -OCH3 is 1. The predicted molar refractivity (Wildman–Crippen MR) is 105 cm³/mol. The van der Waals surface area contributed by atoms with Crippen LogP contribution in [0.1, 0.15) is 24.1 Å². The van der Waals surface area contributed by atoms with Gasteiger partial charge in [-0.05, 0) is 36.8 Å². The van der Waals surface area contributed by atoms with Crippen LogP contribution in [-0.4, -0.2) is 29.1 Å². The molecule has 0 saturated heterocycles. The van der Waals surface area contributed by atoms with Crippen molar-refractivity contribution >= 4 is 17.7 Å². The highest BCUT2D eigenvalue weighted by atomic mass is 16.5. The number of hydrogen-bond donors (Lipinski definition) is 2. The molecule has 0 aliphatic carbocycles. The molecule has 3 rings (SSSR count). The van der Waals surface area contributed by atoms with E-state index in [0.29, 0.717) is 11.3 Å². The summed E-state index contributed by atoms with van der Waals surface area (Å²) in [5.74, 6) is 0.712. The Morgan fingerprint density at radius 2 is 1.96 bits per heavy atom. The van der Waals surface area contributed by atoms with Crippen molar-refractivity contribution in [2.45, 2.75) is 13.0 Å². The van der Waals surface area contributed by atoms with Crippen LogP contribution in [0, 0.1) is 5.41 Å². The minimum Gasteiger partial charge on any atom is -0.497 e. The highest BCUT2D eigenvalue weighted by molar-refractivity contribution is 5.91. The zero-order valence-corrected chi connectivity index (χ0v) is 15.1. The van der Waals surface area contributed by atoms with E-state index in [2.05, 4.69) is 15.3 Å². The normalized spacial score (nSPS) is 11.5. The van der Waals surface area contributed by atoms with Gasteiger partial charge in [-0.15, -0.1) is 0 Å². The van der Waals surface area contributed by atoms with E-state index in [4.69, 9.17) is 10.1 Å². The van der Waals surface area contributed by atoms with Gasteiger partial charge in [0.25, 0.3) is 0 Å². The number of ether oxygens (including phenoxy) is 1. The van der Waals surface area contributed by atoms with Gasteiger partial charge in [0, 0.05) is 35.4 Å². The van der Waals surface area contributed by atoms with E-state index >= 15 is 0 Å². The molecule has 27 heavy (non-hydrogen) atoms. The summed E-state index contributed by atoms with van der Waals surface area (Å²) in [4.78, 5) is 20.6. The first kappa shape index (κ1) is 18.3. The lowest BCUT2D eigenvalue weighted by Gasteiger charge is -2.20. The van der Waals surface area contributed by atoms with Crippen LogP contribution in [0.4, 0.5) is 5.69 Å². The quantitative estimate of drug-likeness (QED) is 0.624. The maximum atomic E-state index is 12.2. The number of rotatable bonds is 7. The summed E-state index contributed by atoms with van der Waals surface area (Å²) in [5.41, 5.74) is 3.78. The molecular formula is C21H20N4O2. The zero-order valence-electron chi connectivity index (χ0n) is 15.1. The second kappa shape index (κ2) is 8.23. The van der Waals surface area contributed by atoms with Crippen LogP contribution >= 0.6 is 0 Å². The van der Waals surface area contributed by atoms with Crippen molar-refractivity contribution in [1.29, 1.82) is 5.41 Å². The number of nitrogens with zero attached hydrogens (tertiary/aromatic N) is 2. The Morgan fingerprint density at radius 3 is 2.56 bits per heavy atom. The third-order valence-electron chi connectivity index (χ3n) is 4.22. The highest BCUT2D eigenvalue weighted by Crippen LogP contribution is 2.27. The molecule has 0 aliphatic heterocycles. The van der Waals surface area contributed by atoms with Gasteiger partial charge < -0.3 is 15.5 Å². The number of anilines is 1. The number of benzene rings is 2. The van der Waals surface area contributed by atoms with Gasteiger partial charge in [-0.3, -0.25) is 14.8 Å². The molecule has 1 heterocycles. The van der Waals surface area contributed by atoms with Crippen LogP contribution in [0.25, 0.3) is 11.3 Å². The lowest BCUT2D eigenvalue weighted by molar-refractivity contribution is -0.117. The van der Waals surface area contributed by atoms with Gasteiger partial charge in [0.05, 0.1) is 19.0 Å². The molecule has 3 aromatic rings. The number of nitrogens with one attached hydrogen (secondary N) is 2. The molecule has 136 valence electrons. The summed E-state index contributed by atoms with van der Waals surface area (Å²) in [5, 5.41) is 11.0. The molecule has 0 aliphatic rings. The first-order chi connectivity index (χ1) is 13.1. The minimum absolute atomic E-state index is 0.0194. The summed E-state index contributed by atoms with van der Waals surface area (Å²) in [6.45, 7) is 1.54. The van der Waals surface area contributed by atoms with Gasteiger partial charge in [-0.2, -0.15) is 0 Å². The monoisotopic (exact) mass is 360 g/mol. The number of ketones is 1. The Bertz CT molecular complexity index is 940. The summed E-state index contributed by atoms with van der Waals surface area (Å²) in [7, 11) is 1.60. The van der Waals surface area contributed by atoms with Crippen LogP contribution in [0.15, 0.2) is 61.1 Å². The number of Topliss-reactive ketones (excluding diaryl/α,β-unsaturated/α-hetero) is 1. The predicted octanol–water partition coefficient (Wildman–Crippen LogP) is 3.89. The largest absolute Gasteiger partial charge is 0.497 e. The summed E-state index contributed by atoms with van der Waals surface area (Å²) >= 11 is 0. The lowest BCUT2D eigenvalue weighted by atomic mass is 10.0. The van der Waals surface area contributed by atoms with Crippen LogP contribution < -0.4 is 10.1 Å². The van der Waals surface area contributed by atoms with E-state index in [1.165, 1.54) is 6.21 Å². The number of carbonyl (C=O) groups is 1. The van der Waals surface area contributed by atoms with Crippen molar-refractivity contribution in [2.24, 2.45) is 0 Å². The van der Waals surface area contributed by atoms with Crippen molar-refractivity contribution in [3.05, 3.63) is 72.2 Å². The van der Waals surface area contributed by atoms with Crippen molar-refractivity contribution in [3.63, 3.8) is 0 Å². The fourth-order valence-electron chi connectivity index (χ4n) is 2.79. The Morgan fingerprint density at radius 1 is 1.19 bits per heavy atom. The standard InChI is InChI=1S/C21H20N4O2/c1-14(26)21(15-3-6-18(27-2)7-4-15)25-19-8-5-16(11-17(19)12-22)20-13-23-9-10-24-20/h3-13,21-22,25H,1-2H3. The van der Waals surface area contributed by atoms with E-state index in [1.54, 1.807) is 32.6 Å². The summed E-state index contributed by atoms with van der Waals surface area (Å²) < 4.78 is 5.17. The number of aromatic nitrogens is 2. The molecule has 6 heteroatoms. The minimum atomic E-state index is -0.517. The molecule has 0 amide bonds. The van der Waals surface area contributed by atoms with Crippen molar-refractivity contribution in [1.82, 2.24) is 9.97 Å². The molecule has 1 unspecified atom stereocenters. The second-order valence-corrected chi connectivity index (χ2v) is 6.00. The fourth-order valence-corrected chi connectivity index (χ4v) is 2.79. The van der Waals surface area contributed by atoms with E-state index in [-0.39, 0.29) is 5.78 Å². The summed E-state index contributed by atoms with van der Waals surface area (Å²) in [6, 6.07) is 12.4. The molecule has 6 nitrogen and oxygen atoms in total. The molecule has 0 saturated carbocycles. The average molecular weight is 360 g/mol. The first-order valence-corrected chi connectivity index (χ1v) is 8.44. The Balaban J connectivity index is 1.91. The molecule has 2 N–H and O–H groups in total. The zero-order chi connectivity index (χ0) is 19.2. The van der Waals surface area contributed by atoms with Crippen LogP contribution in [0.3, 0.4) is 0 Å². The van der Waals surface area contributed by atoms with E-state index in [9.17, 15) is 4.79 Å². The third-order valence-corrected chi connectivity index (χ3v) is 4.22. The van der Waals surface area contributed by atoms with Crippen molar-refractivity contribution in [2.75, 3.05) is 12.4 Å². The van der Waals surface area contributed by atoms with Gasteiger partial charge in [-0.1, -0.05) is 18.2 Å². The maximum absolute atomic E-state index is 12.2. The molecule has 0 spiro atoms. The van der Waals surface area contributed by atoms with Gasteiger partial charge in [0.2, 0.25) is 0 Å². The SMILES string of the molecule is COc1ccc(C(Nc2ccc(-c3cnccn3)cc2C=N)C(C)=O)cc1. The Hall–Kier alpha value is -3.54. The molecular weight excluding hydrogens is 340 g/mol. The van der Waals surface area contributed by atoms with Gasteiger partial charge in [0.1, 0.15) is 11.8 Å². The molecule has 0 bridgehead atoms. The summed E-state index contributed by atoms with van der Waals surface area (Å²) in [6.07, 6.45) is 6.17. The molecule has 0 radical (unpaired) electrons. The van der Waals surface area contributed by atoms with E-state index < -0.39 is 6.04 Å². The molecule has 2 aromatic carbocycles. The smallest absolute Gasteiger partial charge is 0.156 e.